The molecule has 3 aliphatic rings. The van der Waals surface area contributed by atoms with Crippen molar-refractivity contribution in [3.63, 3.8) is 0 Å². The number of benzene rings is 1. The highest BCUT2D eigenvalue weighted by Gasteiger charge is 2.34. The van der Waals surface area contributed by atoms with Crippen LogP contribution < -0.4 is 5.32 Å². The van der Waals surface area contributed by atoms with Crippen LogP contribution in [0, 0.1) is 11.8 Å². The molecule has 0 radical (unpaired) electrons. The fourth-order valence-corrected chi connectivity index (χ4v) is 4.06. The van der Waals surface area contributed by atoms with Crippen LogP contribution in [0.3, 0.4) is 0 Å². The van der Waals surface area contributed by atoms with Gasteiger partial charge in [-0.15, -0.1) is 0 Å². The predicted octanol–water partition coefficient (Wildman–Crippen LogP) is 5.80. The summed E-state index contributed by atoms with van der Waals surface area (Å²) in [6.07, 6.45) is 8.07. The summed E-state index contributed by atoms with van der Waals surface area (Å²) >= 11 is 3.41. The van der Waals surface area contributed by atoms with E-state index in [0.717, 1.165) is 24.3 Å². The normalized spacial score (nSPS) is 23.9. The van der Waals surface area contributed by atoms with Crippen molar-refractivity contribution in [2.24, 2.45) is 11.8 Å². The lowest BCUT2D eigenvalue weighted by molar-refractivity contribution is -0.129. The van der Waals surface area contributed by atoms with Crippen molar-refractivity contribution in [2.45, 2.75) is 84.2 Å². The maximum absolute atomic E-state index is 11.6. The van der Waals surface area contributed by atoms with Gasteiger partial charge in [0, 0.05) is 17.1 Å². The molecule has 1 aliphatic heterocycles. The van der Waals surface area contributed by atoms with Crippen LogP contribution in [-0.2, 0) is 9.59 Å². The zero-order valence-electron chi connectivity index (χ0n) is 19.5. The Morgan fingerprint density at radius 2 is 1.53 bits per heavy atom. The largest absolute Gasteiger partial charge is 0.350 e. The van der Waals surface area contributed by atoms with Crippen molar-refractivity contribution >= 4 is 28.6 Å². The van der Waals surface area contributed by atoms with Crippen LogP contribution in [0.2, 0.25) is 0 Å². The van der Waals surface area contributed by atoms with E-state index in [1.165, 1.54) is 48.6 Å². The number of hydrogen-bond acceptors (Lipinski definition) is 3. The number of rotatable bonds is 2. The van der Waals surface area contributed by atoms with Crippen LogP contribution in [0.25, 0.3) is 0 Å². The third kappa shape index (κ3) is 9.74. The fraction of sp³-hybridized carbons (Fsp3) is 0.680. The summed E-state index contributed by atoms with van der Waals surface area (Å²) in [6.45, 7) is 11.5. The van der Waals surface area contributed by atoms with Crippen molar-refractivity contribution in [1.82, 2.24) is 10.2 Å². The Labute approximate surface area is 192 Å². The van der Waals surface area contributed by atoms with E-state index < -0.39 is 0 Å². The van der Waals surface area contributed by atoms with Gasteiger partial charge in [-0.2, -0.15) is 0 Å². The van der Waals surface area contributed by atoms with E-state index in [2.05, 4.69) is 71.2 Å². The first-order valence-corrected chi connectivity index (χ1v) is 12.1. The molecule has 4 nitrogen and oxygen atoms in total. The number of carbonyl (C=O) groups is 2. The van der Waals surface area contributed by atoms with Crippen LogP contribution in [0.15, 0.2) is 28.7 Å². The molecular weight excluding hydrogens is 440 g/mol. The summed E-state index contributed by atoms with van der Waals surface area (Å²) in [4.78, 5) is 21.8. The minimum Gasteiger partial charge on any atom is -0.350 e. The molecule has 2 atom stereocenters. The molecule has 170 valence electrons. The molecule has 2 unspecified atom stereocenters. The lowest BCUT2D eigenvalue weighted by Crippen LogP contribution is -2.59. The van der Waals surface area contributed by atoms with Crippen molar-refractivity contribution in [2.75, 3.05) is 13.6 Å². The Hall–Kier alpha value is -1.20. The Kier molecular flexibility index (Phi) is 12.5. The molecule has 1 heterocycles. The average molecular weight is 482 g/mol. The average Bonchev–Trinajstić information content (AvgIpc) is 3.41. The number of halogens is 1. The molecule has 1 amide bonds. The minimum atomic E-state index is 0.0488. The van der Waals surface area contributed by atoms with Crippen molar-refractivity contribution in [3.8, 4) is 0 Å². The van der Waals surface area contributed by atoms with Gasteiger partial charge in [0.15, 0.2) is 0 Å². The lowest BCUT2D eigenvalue weighted by atomic mass is 9.95. The van der Waals surface area contributed by atoms with Crippen molar-refractivity contribution < 1.29 is 9.59 Å². The van der Waals surface area contributed by atoms with Gasteiger partial charge in [-0.05, 0) is 75.1 Å². The van der Waals surface area contributed by atoms with Crippen LogP contribution in [0.1, 0.15) is 77.7 Å². The molecule has 1 saturated heterocycles. The van der Waals surface area contributed by atoms with Gasteiger partial charge >= 0.3 is 0 Å². The number of likely N-dealkylation sites (N-methyl/N-ethyl adjacent to an activating group) is 1. The Morgan fingerprint density at radius 1 is 1.03 bits per heavy atom. The van der Waals surface area contributed by atoms with Crippen molar-refractivity contribution in [3.05, 3.63) is 34.3 Å². The smallest absolute Gasteiger partial charge is 0.237 e. The Bertz CT molecular complexity index is 607. The monoisotopic (exact) mass is 480 g/mol. The number of amides is 1. The first-order chi connectivity index (χ1) is 14.3. The van der Waals surface area contributed by atoms with Crippen LogP contribution >= 0.6 is 15.9 Å². The fourth-order valence-electron chi connectivity index (χ4n) is 3.80. The zero-order chi connectivity index (χ0) is 22.7. The summed E-state index contributed by atoms with van der Waals surface area (Å²) in [5.74, 6) is 2.65. The van der Waals surface area contributed by atoms with Crippen LogP contribution in [0.4, 0.5) is 0 Å². The first-order valence-electron chi connectivity index (χ1n) is 11.3. The summed E-state index contributed by atoms with van der Waals surface area (Å²) in [7, 11) is 2.05. The number of piperazine rings is 1. The highest BCUT2D eigenvalue weighted by Crippen LogP contribution is 2.40. The Morgan fingerprint density at radius 3 is 1.97 bits per heavy atom. The molecule has 1 aromatic carbocycles. The molecule has 1 N–H and O–H groups in total. The van der Waals surface area contributed by atoms with E-state index in [-0.39, 0.29) is 11.9 Å². The zero-order valence-corrected chi connectivity index (χ0v) is 21.1. The molecule has 0 aromatic heterocycles. The predicted molar refractivity (Wildman–Crippen MR) is 130 cm³/mol. The quantitative estimate of drug-likeness (QED) is 0.581. The molecule has 5 heteroatoms. The highest BCUT2D eigenvalue weighted by atomic mass is 79.9. The SMILES string of the molecule is Brc1ccc(C2CC2)cc1.C=O.CC(C)C.CC1C(=O)NC(C2CCCC2)CN1C. The van der Waals surface area contributed by atoms with Gasteiger partial charge in [-0.3, -0.25) is 9.69 Å². The first kappa shape index (κ1) is 26.8. The standard InChI is InChI=1S/C11H20N2O.C9H9Br.C4H10.CH2O/c1-8-11(14)12-10(7-13(8)2)9-5-3-4-6-9;10-9-5-3-8(4-6-9)7-1-2-7;1-4(2)3;1-2/h8-10H,3-7H2,1-2H3,(H,12,14);3-7H,1-2H2;4H,1-3H3;1H2. The van der Waals surface area contributed by atoms with E-state index in [1.807, 2.05) is 20.8 Å². The maximum Gasteiger partial charge on any atom is 0.237 e. The third-order valence-electron chi connectivity index (χ3n) is 5.74. The number of carbonyl (C=O) groups excluding carboxylic acids is 2. The minimum absolute atomic E-state index is 0.0488. The molecule has 0 bridgehead atoms. The number of hydrogen-bond donors (Lipinski definition) is 1. The summed E-state index contributed by atoms with van der Waals surface area (Å²) in [5.41, 5.74) is 1.50. The van der Waals surface area contributed by atoms with Gasteiger partial charge < -0.3 is 10.1 Å². The molecular formula is C25H41BrN2O2. The second kappa shape index (κ2) is 14.0. The summed E-state index contributed by atoms with van der Waals surface area (Å²) < 4.78 is 1.18. The van der Waals surface area contributed by atoms with Gasteiger partial charge in [-0.1, -0.05) is 61.7 Å². The second-order valence-electron chi connectivity index (χ2n) is 9.33. The van der Waals surface area contributed by atoms with Gasteiger partial charge in [-0.25, -0.2) is 0 Å². The van der Waals surface area contributed by atoms with Gasteiger partial charge in [0.05, 0.1) is 6.04 Å². The maximum atomic E-state index is 11.6. The van der Waals surface area contributed by atoms with Gasteiger partial charge in [0.1, 0.15) is 6.79 Å². The van der Waals surface area contributed by atoms with Crippen LogP contribution in [0.5, 0.6) is 0 Å². The summed E-state index contributed by atoms with van der Waals surface area (Å²) in [5, 5.41) is 3.16. The van der Waals surface area contributed by atoms with E-state index >= 15 is 0 Å². The lowest BCUT2D eigenvalue weighted by Gasteiger charge is -2.38. The molecule has 1 aromatic rings. The molecule has 30 heavy (non-hydrogen) atoms. The van der Waals surface area contributed by atoms with E-state index in [9.17, 15) is 4.79 Å². The summed E-state index contributed by atoms with van der Waals surface area (Å²) in [6, 6.07) is 9.11. The van der Waals surface area contributed by atoms with Gasteiger partial charge in [0.25, 0.3) is 0 Å². The van der Waals surface area contributed by atoms with Gasteiger partial charge in [0.2, 0.25) is 5.91 Å². The third-order valence-corrected chi connectivity index (χ3v) is 6.27. The molecule has 2 saturated carbocycles. The number of nitrogens with zero attached hydrogens (tertiary/aromatic N) is 1. The van der Waals surface area contributed by atoms with Crippen LogP contribution in [-0.4, -0.2) is 43.3 Å². The van der Waals surface area contributed by atoms with Crippen molar-refractivity contribution in [1.29, 1.82) is 0 Å². The van der Waals surface area contributed by atoms with E-state index in [1.54, 1.807) is 0 Å². The molecule has 3 fully saturated rings. The molecule has 2 aliphatic carbocycles. The number of nitrogens with one attached hydrogen (secondary N) is 1. The van der Waals surface area contributed by atoms with E-state index in [4.69, 9.17) is 4.79 Å². The molecule has 0 spiro atoms. The second-order valence-corrected chi connectivity index (χ2v) is 10.2. The Balaban J connectivity index is 0.000000246. The topological polar surface area (TPSA) is 49.4 Å². The molecule has 4 rings (SSSR count). The highest BCUT2D eigenvalue weighted by molar-refractivity contribution is 9.10. The van der Waals surface area contributed by atoms with E-state index in [0.29, 0.717) is 6.04 Å².